The molecule has 0 radical (unpaired) electrons. The minimum absolute atomic E-state index is 0.150. The zero-order valence-corrected chi connectivity index (χ0v) is 12.5. The Bertz CT molecular complexity index is 587. The molecule has 118 valence electrons. The molecule has 3 heterocycles. The third-order valence-electron chi connectivity index (χ3n) is 3.68. The summed E-state index contributed by atoms with van der Waals surface area (Å²) in [4.78, 5) is 16.3. The van der Waals surface area contributed by atoms with Crippen molar-refractivity contribution in [2.45, 2.75) is 25.4 Å². The van der Waals surface area contributed by atoms with E-state index in [-0.39, 0.29) is 12.0 Å². The second kappa shape index (κ2) is 7.38. The van der Waals surface area contributed by atoms with Gasteiger partial charge in [0.05, 0.1) is 12.7 Å². The van der Waals surface area contributed by atoms with Crippen molar-refractivity contribution < 1.29 is 14.3 Å². The van der Waals surface area contributed by atoms with Gasteiger partial charge in [-0.25, -0.2) is 4.98 Å². The highest BCUT2D eigenvalue weighted by atomic mass is 16.5. The summed E-state index contributed by atoms with van der Waals surface area (Å²) in [5, 5.41) is 2.86. The number of nitrogens with one attached hydrogen (secondary N) is 1. The number of pyridine rings is 1. The van der Waals surface area contributed by atoms with Crippen molar-refractivity contribution in [2.75, 3.05) is 26.4 Å². The largest absolute Gasteiger partial charge is 0.379 e. The Kier molecular flexibility index (Phi) is 5.03. The number of hydrogen-bond donors (Lipinski definition) is 1. The van der Waals surface area contributed by atoms with Gasteiger partial charge in [-0.15, -0.1) is 0 Å². The molecule has 1 aliphatic heterocycles. The van der Waals surface area contributed by atoms with Crippen LogP contribution in [0.2, 0.25) is 0 Å². The fraction of sp³-hybridized carbons (Fsp3) is 0.500. The number of carbonyl (C=O) groups excluding carboxylic acids is 1. The monoisotopic (exact) mass is 303 g/mol. The molecule has 1 atom stereocenters. The van der Waals surface area contributed by atoms with Gasteiger partial charge < -0.3 is 19.2 Å². The summed E-state index contributed by atoms with van der Waals surface area (Å²) in [5.74, 6) is -0.150. The lowest BCUT2D eigenvalue weighted by Gasteiger charge is -2.10. The summed E-state index contributed by atoms with van der Waals surface area (Å²) in [6, 6.07) is 5.67. The molecule has 1 N–H and O–H groups in total. The van der Waals surface area contributed by atoms with Gasteiger partial charge in [-0.2, -0.15) is 0 Å². The van der Waals surface area contributed by atoms with Crippen LogP contribution < -0.4 is 5.32 Å². The number of carbonyl (C=O) groups is 1. The first kappa shape index (κ1) is 15.0. The number of rotatable bonds is 7. The van der Waals surface area contributed by atoms with E-state index in [0.717, 1.165) is 31.5 Å². The van der Waals surface area contributed by atoms with Crippen molar-refractivity contribution in [3.63, 3.8) is 0 Å². The topological polar surface area (TPSA) is 64.9 Å². The Hall–Kier alpha value is -1.92. The van der Waals surface area contributed by atoms with Crippen molar-refractivity contribution in [3.05, 3.63) is 36.3 Å². The molecule has 2 aromatic rings. The number of amides is 1. The zero-order chi connectivity index (χ0) is 15.2. The summed E-state index contributed by atoms with van der Waals surface area (Å²) in [5.41, 5.74) is 1.21. The zero-order valence-electron chi connectivity index (χ0n) is 12.5. The summed E-state index contributed by atoms with van der Waals surface area (Å²) in [7, 11) is 0. The Labute approximate surface area is 129 Å². The number of aromatic nitrogens is 2. The summed E-state index contributed by atoms with van der Waals surface area (Å²) in [6.45, 7) is 2.72. The van der Waals surface area contributed by atoms with Gasteiger partial charge in [0.15, 0.2) is 0 Å². The van der Waals surface area contributed by atoms with E-state index in [4.69, 9.17) is 9.47 Å². The van der Waals surface area contributed by atoms with Gasteiger partial charge in [0.2, 0.25) is 0 Å². The van der Waals surface area contributed by atoms with E-state index in [1.807, 2.05) is 28.8 Å². The lowest BCUT2D eigenvalue weighted by molar-refractivity contribution is 0.0166. The van der Waals surface area contributed by atoms with Crippen LogP contribution in [0.1, 0.15) is 29.8 Å². The highest BCUT2D eigenvalue weighted by Gasteiger charge is 2.15. The molecular weight excluding hydrogens is 282 g/mol. The Morgan fingerprint density at radius 3 is 3.27 bits per heavy atom. The van der Waals surface area contributed by atoms with Gasteiger partial charge in [0.1, 0.15) is 11.3 Å². The lowest BCUT2D eigenvalue weighted by atomic mass is 10.2. The summed E-state index contributed by atoms with van der Waals surface area (Å²) in [6.07, 6.45) is 6.86. The molecule has 0 aliphatic carbocycles. The van der Waals surface area contributed by atoms with Crippen LogP contribution in [0.25, 0.3) is 5.65 Å². The van der Waals surface area contributed by atoms with Crippen molar-refractivity contribution in [1.29, 1.82) is 0 Å². The van der Waals surface area contributed by atoms with Crippen LogP contribution in [0.5, 0.6) is 0 Å². The smallest absolute Gasteiger partial charge is 0.271 e. The second-order valence-corrected chi connectivity index (χ2v) is 5.41. The molecule has 1 saturated heterocycles. The standard InChI is InChI=1S/C16H21N3O3/c20-16(14-11-19-8-2-1-6-15(19)18-14)17-7-4-9-21-12-13-5-3-10-22-13/h1-2,6,8,11,13H,3-5,7,9-10,12H2,(H,17,20). The van der Waals surface area contributed by atoms with Crippen molar-refractivity contribution in [2.24, 2.45) is 0 Å². The van der Waals surface area contributed by atoms with Crippen molar-refractivity contribution in [1.82, 2.24) is 14.7 Å². The van der Waals surface area contributed by atoms with Crippen molar-refractivity contribution in [3.8, 4) is 0 Å². The van der Waals surface area contributed by atoms with Crippen molar-refractivity contribution >= 4 is 11.6 Å². The molecule has 6 heteroatoms. The van der Waals surface area contributed by atoms with Crippen LogP contribution in [0.4, 0.5) is 0 Å². The quantitative estimate of drug-likeness (QED) is 0.790. The van der Waals surface area contributed by atoms with Gasteiger partial charge in [-0.05, 0) is 31.4 Å². The van der Waals surface area contributed by atoms with E-state index >= 15 is 0 Å². The SMILES string of the molecule is O=C(NCCCOCC1CCCO1)c1cn2ccccc2n1. The molecule has 1 aliphatic rings. The van der Waals surface area contributed by atoms with Gasteiger partial charge in [0, 0.05) is 32.2 Å². The minimum atomic E-state index is -0.150. The minimum Gasteiger partial charge on any atom is -0.379 e. The maximum atomic E-state index is 12.0. The molecular formula is C16H21N3O3. The first-order chi connectivity index (χ1) is 10.8. The van der Waals surface area contributed by atoms with E-state index in [0.29, 0.717) is 25.5 Å². The summed E-state index contributed by atoms with van der Waals surface area (Å²) < 4.78 is 12.9. The number of hydrogen-bond acceptors (Lipinski definition) is 4. The molecule has 3 rings (SSSR count). The Morgan fingerprint density at radius 1 is 1.50 bits per heavy atom. The third kappa shape index (κ3) is 3.84. The lowest BCUT2D eigenvalue weighted by Crippen LogP contribution is -2.26. The highest BCUT2D eigenvalue weighted by Crippen LogP contribution is 2.11. The van der Waals surface area contributed by atoms with Gasteiger partial charge >= 0.3 is 0 Å². The van der Waals surface area contributed by atoms with Gasteiger partial charge in [0.25, 0.3) is 5.91 Å². The molecule has 22 heavy (non-hydrogen) atoms. The average Bonchev–Trinajstić information content (AvgIpc) is 3.19. The van der Waals surface area contributed by atoms with Crippen LogP contribution in [0.3, 0.4) is 0 Å². The highest BCUT2D eigenvalue weighted by molar-refractivity contribution is 5.92. The maximum absolute atomic E-state index is 12.0. The van der Waals surface area contributed by atoms with Gasteiger partial charge in [-0.3, -0.25) is 4.79 Å². The summed E-state index contributed by atoms with van der Waals surface area (Å²) >= 11 is 0. The van der Waals surface area contributed by atoms with E-state index in [9.17, 15) is 4.79 Å². The fourth-order valence-corrected chi connectivity index (χ4v) is 2.50. The molecule has 1 fully saturated rings. The van der Waals surface area contributed by atoms with E-state index in [1.54, 1.807) is 6.20 Å². The van der Waals surface area contributed by atoms with Crippen LogP contribution in [-0.4, -0.2) is 47.8 Å². The molecule has 1 unspecified atom stereocenters. The first-order valence-corrected chi connectivity index (χ1v) is 7.74. The molecule has 0 spiro atoms. The molecule has 0 bridgehead atoms. The molecule has 0 aromatic carbocycles. The maximum Gasteiger partial charge on any atom is 0.271 e. The molecule has 0 saturated carbocycles. The van der Waals surface area contributed by atoms with Gasteiger partial charge in [-0.1, -0.05) is 6.07 Å². The van der Waals surface area contributed by atoms with Crippen LogP contribution in [0.15, 0.2) is 30.6 Å². The molecule has 6 nitrogen and oxygen atoms in total. The molecule has 2 aromatic heterocycles. The van der Waals surface area contributed by atoms with Crippen LogP contribution in [-0.2, 0) is 9.47 Å². The predicted octanol–water partition coefficient (Wildman–Crippen LogP) is 1.65. The fourth-order valence-electron chi connectivity index (χ4n) is 2.50. The normalized spacial score (nSPS) is 17.9. The first-order valence-electron chi connectivity index (χ1n) is 7.74. The number of nitrogens with zero attached hydrogens (tertiary/aromatic N) is 2. The Morgan fingerprint density at radius 2 is 2.45 bits per heavy atom. The van der Waals surface area contributed by atoms with Crippen LogP contribution in [0, 0.1) is 0 Å². The average molecular weight is 303 g/mol. The number of fused-ring (bicyclic) bond motifs is 1. The predicted molar refractivity (Wildman–Crippen MR) is 81.9 cm³/mol. The van der Waals surface area contributed by atoms with Crippen LogP contribution >= 0.6 is 0 Å². The Balaban J connectivity index is 1.35. The van der Waals surface area contributed by atoms with E-state index < -0.39 is 0 Å². The second-order valence-electron chi connectivity index (χ2n) is 5.41. The molecule has 1 amide bonds. The van der Waals surface area contributed by atoms with E-state index in [2.05, 4.69) is 10.3 Å². The number of ether oxygens (including phenoxy) is 2. The van der Waals surface area contributed by atoms with E-state index in [1.165, 1.54) is 0 Å². The number of imidazole rings is 1. The third-order valence-corrected chi connectivity index (χ3v) is 3.68.